The number of aliphatic carboxylic acids is 3. The molecule has 0 aromatic rings. The van der Waals surface area contributed by atoms with Gasteiger partial charge >= 0.3 is 17.1 Å². The molecule has 0 saturated carbocycles. The summed E-state index contributed by atoms with van der Waals surface area (Å²) in [6.45, 7) is 3.40. The van der Waals surface area contributed by atoms with Crippen LogP contribution in [0.2, 0.25) is 0 Å². The maximum Gasteiger partial charge on any atom is 3.00 e. The van der Waals surface area contributed by atoms with E-state index >= 15 is 0 Å². The normalized spacial score (nSPS) is 12.9. The number of carboxylic acid groups (broad SMARTS) is 3. The van der Waals surface area contributed by atoms with Crippen LogP contribution in [0.5, 0.6) is 0 Å². The molecular formula is C9H15FeO9. The van der Waals surface area contributed by atoms with Gasteiger partial charge in [0, 0.05) is 0 Å². The van der Waals surface area contributed by atoms with Gasteiger partial charge in [0.15, 0.2) is 0 Å². The predicted octanol–water partition coefficient (Wildman–Crippen LogP) is -5.65. The molecule has 0 heterocycles. The standard InChI is InChI=1S/3C3H6O3.Fe/c3*1-2(4)3(5)6;/h3*2,4H,1H3,(H,5,6);/q;;;+3/p-3/t3*2-;/m111./s1. The maximum absolute atomic E-state index is 9.34. The Labute approximate surface area is 120 Å². The van der Waals surface area contributed by atoms with Crippen molar-refractivity contribution < 1.29 is 62.1 Å². The van der Waals surface area contributed by atoms with Crippen LogP contribution in [0, 0.1) is 0 Å². The molecule has 113 valence electrons. The summed E-state index contributed by atoms with van der Waals surface area (Å²) in [5.41, 5.74) is 0. The van der Waals surface area contributed by atoms with Gasteiger partial charge in [0.05, 0.1) is 36.2 Å². The Hall–Kier alpha value is -1.19. The smallest absolute Gasteiger partial charge is 0.547 e. The summed E-state index contributed by atoms with van der Waals surface area (Å²) < 4.78 is 0. The Morgan fingerprint density at radius 1 is 0.684 bits per heavy atom. The number of carbonyl (C=O) groups excluding carboxylic acids is 3. The van der Waals surface area contributed by atoms with Crippen molar-refractivity contribution in [1.29, 1.82) is 0 Å². The molecule has 0 bridgehead atoms. The van der Waals surface area contributed by atoms with Crippen LogP contribution in [-0.2, 0) is 31.5 Å². The number of carbonyl (C=O) groups is 3. The zero-order valence-electron chi connectivity index (χ0n) is 10.4. The van der Waals surface area contributed by atoms with E-state index < -0.39 is 36.2 Å². The minimum atomic E-state index is -1.44. The third-order valence-corrected chi connectivity index (χ3v) is 1.02. The second-order valence-corrected chi connectivity index (χ2v) is 2.99. The van der Waals surface area contributed by atoms with Crippen molar-refractivity contribution >= 4 is 17.9 Å². The Balaban J connectivity index is -0.0000000865. The van der Waals surface area contributed by atoms with E-state index in [1.165, 1.54) is 0 Å². The van der Waals surface area contributed by atoms with Gasteiger partial charge in [0.25, 0.3) is 0 Å². The van der Waals surface area contributed by atoms with Gasteiger partial charge < -0.3 is 45.0 Å². The van der Waals surface area contributed by atoms with Crippen LogP contribution in [-0.4, -0.2) is 51.5 Å². The topological polar surface area (TPSA) is 181 Å². The third kappa shape index (κ3) is 31.6. The minimum absolute atomic E-state index is 0. The van der Waals surface area contributed by atoms with E-state index in [2.05, 4.69) is 0 Å². The molecule has 0 aliphatic rings. The summed E-state index contributed by atoms with van der Waals surface area (Å²) in [6, 6.07) is 0. The second-order valence-electron chi connectivity index (χ2n) is 2.99. The van der Waals surface area contributed by atoms with E-state index in [1.807, 2.05) is 0 Å². The molecule has 0 fully saturated rings. The van der Waals surface area contributed by atoms with E-state index in [4.69, 9.17) is 15.3 Å². The molecule has 0 aromatic carbocycles. The average molecular weight is 323 g/mol. The van der Waals surface area contributed by atoms with Crippen molar-refractivity contribution in [3.63, 3.8) is 0 Å². The molecular weight excluding hydrogens is 308 g/mol. The predicted molar refractivity (Wildman–Crippen MR) is 50.1 cm³/mol. The molecule has 1 radical (unpaired) electrons. The van der Waals surface area contributed by atoms with Gasteiger partial charge in [0.2, 0.25) is 0 Å². The zero-order chi connectivity index (χ0) is 15.5. The SMILES string of the molecule is C[C@@H](O)C(=O)[O-].C[C@@H](O)C(=O)[O-].C[C@@H](O)C(=O)[O-].[Fe+3]. The van der Waals surface area contributed by atoms with Crippen LogP contribution in [0.4, 0.5) is 0 Å². The van der Waals surface area contributed by atoms with Crippen LogP contribution in [0.15, 0.2) is 0 Å². The number of hydrogen-bond donors (Lipinski definition) is 3. The first-order valence-corrected chi connectivity index (χ1v) is 4.60. The quantitative estimate of drug-likeness (QED) is 0.426. The Morgan fingerprint density at radius 3 is 0.737 bits per heavy atom. The number of aliphatic hydroxyl groups excluding tert-OH is 3. The molecule has 3 N–H and O–H groups in total. The fourth-order valence-corrected chi connectivity index (χ4v) is 0. The summed E-state index contributed by atoms with van der Waals surface area (Å²) in [5.74, 6) is -4.31. The first-order valence-electron chi connectivity index (χ1n) is 4.60. The molecule has 0 spiro atoms. The molecule has 10 heteroatoms. The van der Waals surface area contributed by atoms with Gasteiger partial charge in [-0.15, -0.1) is 0 Å². The molecule has 0 saturated heterocycles. The largest absolute Gasteiger partial charge is 3.00 e. The molecule has 0 aromatic heterocycles. The fraction of sp³-hybridized carbons (Fsp3) is 0.667. The van der Waals surface area contributed by atoms with Crippen molar-refractivity contribution in [1.82, 2.24) is 0 Å². The van der Waals surface area contributed by atoms with E-state index in [0.29, 0.717) is 0 Å². The van der Waals surface area contributed by atoms with Gasteiger partial charge in [-0.3, -0.25) is 0 Å². The zero-order valence-corrected chi connectivity index (χ0v) is 11.5. The van der Waals surface area contributed by atoms with Gasteiger partial charge in [-0.2, -0.15) is 0 Å². The molecule has 0 amide bonds. The number of rotatable bonds is 3. The van der Waals surface area contributed by atoms with Crippen LogP contribution in [0.1, 0.15) is 20.8 Å². The summed E-state index contributed by atoms with van der Waals surface area (Å²) in [4.78, 5) is 28.0. The Kier molecular flexibility index (Phi) is 20.7. The Morgan fingerprint density at radius 2 is 0.737 bits per heavy atom. The average Bonchev–Trinajstić information content (AvgIpc) is 2.18. The Bertz CT molecular complexity index is 220. The molecule has 0 aliphatic carbocycles. The summed E-state index contributed by atoms with van der Waals surface area (Å²) in [5, 5.41) is 51.9. The number of aliphatic hydroxyl groups is 3. The van der Waals surface area contributed by atoms with E-state index in [0.717, 1.165) is 20.8 Å². The molecule has 0 unspecified atom stereocenters. The second kappa shape index (κ2) is 14.9. The van der Waals surface area contributed by atoms with E-state index in [1.54, 1.807) is 0 Å². The number of carboxylic acids is 3. The number of hydrogen-bond acceptors (Lipinski definition) is 9. The molecule has 3 atom stereocenters. The monoisotopic (exact) mass is 323 g/mol. The van der Waals surface area contributed by atoms with Gasteiger partial charge in [-0.05, 0) is 20.8 Å². The van der Waals surface area contributed by atoms with Crippen molar-refractivity contribution in [2.24, 2.45) is 0 Å². The van der Waals surface area contributed by atoms with Crippen molar-refractivity contribution in [2.75, 3.05) is 0 Å². The van der Waals surface area contributed by atoms with E-state index in [-0.39, 0.29) is 17.1 Å². The molecule has 9 nitrogen and oxygen atoms in total. The molecule has 0 rings (SSSR count). The van der Waals surface area contributed by atoms with Gasteiger partial charge in [-0.25, -0.2) is 0 Å². The van der Waals surface area contributed by atoms with Crippen molar-refractivity contribution in [3.8, 4) is 0 Å². The maximum atomic E-state index is 9.34. The van der Waals surface area contributed by atoms with Crippen molar-refractivity contribution in [3.05, 3.63) is 0 Å². The fourth-order valence-electron chi connectivity index (χ4n) is 0. The van der Waals surface area contributed by atoms with Crippen molar-refractivity contribution in [2.45, 2.75) is 39.1 Å². The summed E-state index contributed by atoms with van der Waals surface area (Å²) >= 11 is 0. The summed E-state index contributed by atoms with van der Waals surface area (Å²) in [7, 11) is 0. The molecule has 0 aliphatic heterocycles. The summed E-state index contributed by atoms with van der Waals surface area (Å²) in [6.07, 6.45) is -4.03. The van der Waals surface area contributed by atoms with E-state index in [9.17, 15) is 29.7 Å². The van der Waals surface area contributed by atoms with Crippen LogP contribution >= 0.6 is 0 Å². The first-order chi connectivity index (χ1) is 7.93. The van der Waals surface area contributed by atoms with Gasteiger partial charge in [0.1, 0.15) is 0 Å². The van der Waals surface area contributed by atoms with Gasteiger partial charge in [-0.1, -0.05) is 0 Å². The molecule has 19 heavy (non-hydrogen) atoms. The first kappa shape index (κ1) is 26.4. The van der Waals surface area contributed by atoms with Crippen LogP contribution < -0.4 is 15.3 Å². The minimum Gasteiger partial charge on any atom is -0.547 e. The van der Waals surface area contributed by atoms with Crippen LogP contribution in [0.25, 0.3) is 0 Å². The third-order valence-electron chi connectivity index (χ3n) is 1.02. The van der Waals surface area contributed by atoms with Crippen LogP contribution in [0.3, 0.4) is 0 Å².